The summed E-state index contributed by atoms with van der Waals surface area (Å²) in [6.07, 6.45) is 1.43. The van der Waals surface area contributed by atoms with E-state index in [1.807, 2.05) is 0 Å². The molecule has 1 N–H and O–H groups in total. The van der Waals surface area contributed by atoms with Crippen molar-refractivity contribution < 1.29 is 23.1 Å². The number of rotatable bonds is 6. The fraction of sp³-hybridized carbons (Fsp3) is 0.900. The highest BCUT2D eigenvalue weighted by atomic mass is 32.2. The first-order valence-electron chi connectivity index (χ1n) is 5.84. The van der Waals surface area contributed by atoms with Crippen LogP contribution in [0, 0.1) is 0 Å². The Morgan fingerprint density at radius 1 is 1.56 bits per heavy atom. The lowest BCUT2D eigenvalue weighted by molar-refractivity contribution is -0.140. The molecule has 1 atom stereocenters. The van der Waals surface area contributed by atoms with Crippen molar-refractivity contribution in [2.75, 3.05) is 33.9 Å². The summed E-state index contributed by atoms with van der Waals surface area (Å²) in [5, 5.41) is 9.14. The van der Waals surface area contributed by atoms with Gasteiger partial charge in [-0.15, -0.1) is 0 Å². The van der Waals surface area contributed by atoms with E-state index in [0.29, 0.717) is 13.0 Å². The number of hydrogen-bond donors (Lipinski definition) is 1. The van der Waals surface area contributed by atoms with Crippen LogP contribution in [0.25, 0.3) is 0 Å². The molecule has 8 heteroatoms. The third-order valence-corrected chi connectivity index (χ3v) is 5.13. The molecule has 0 amide bonds. The Bertz CT molecular complexity index is 384. The Morgan fingerprint density at radius 2 is 2.22 bits per heavy atom. The van der Waals surface area contributed by atoms with Gasteiger partial charge in [0.1, 0.15) is 0 Å². The zero-order chi connectivity index (χ0) is 13.8. The maximum atomic E-state index is 12.2. The van der Waals surface area contributed by atoms with Crippen LogP contribution in [0.2, 0.25) is 0 Å². The number of nitrogens with zero attached hydrogens (tertiary/aromatic N) is 2. The molecule has 0 aliphatic carbocycles. The Hall–Kier alpha value is -0.700. The van der Waals surface area contributed by atoms with Crippen LogP contribution in [0.1, 0.15) is 19.3 Å². The van der Waals surface area contributed by atoms with E-state index in [2.05, 4.69) is 4.74 Å². The molecular formula is C10H20N2O5S. The summed E-state index contributed by atoms with van der Waals surface area (Å²) in [6, 6.07) is -0.351. The maximum Gasteiger partial charge on any atom is 0.306 e. The average Bonchev–Trinajstić information content (AvgIpc) is 2.84. The zero-order valence-electron chi connectivity index (χ0n) is 10.7. The minimum atomic E-state index is -3.60. The number of carbonyl (C=O) groups is 1. The van der Waals surface area contributed by atoms with Crippen molar-refractivity contribution in [1.82, 2.24) is 8.61 Å². The Kier molecular flexibility index (Phi) is 5.51. The molecule has 0 saturated carbocycles. The largest absolute Gasteiger partial charge is 0.469 e. The van der Waals surface area contributed by atoms with Gasteiger partial charge in [0.15, 0.2) is 0 Å². The van der Waals surface area contributed by atoms with Gasteiger partial charge < -0.3 is 9.84 Å². The summed E-state index contributed by atoms with van der Waals surface area (Å²) in [7, 11) is -0.920. The molecule has 0 bridgehead atoms. The van der Waals surface area contributed by atoms with Crippen LogP contribution in [-0.2, 0) is 19.7 Å². The second kappa shape index (κ2) is 6.46. The van der Waals surface area contributed by atoms with Gasteiger partial charge in [0, 0.05) is 26.2 Å². The predicted octanol–water partition coefficient (Wildman–Crippen LogP) is -0.817. The van der Waals surface area contributed by atoms with Crippen molar-refractivity contribution in [2.24, 2.45) is 0 Å². The van der Waals surface area contributed by atoms with E-state index in [1.54, 1.807) is 0 Å². The second-order valence-electron chi connectivity index (χ2n) is 4.24. The van der Waals surface area contributed by atoms with Crippen molar-refractivity contribution >= 4 is 16.2 Å². The normalized spacial score (nSPS) is 21.4. The van der Waals surface area contributed by atoms with Gasteiger partial charge in [0.2, 0.25) is 0 Å². The van der Waals surface area contributed by atoms with E-state index in [9.17, 15) is 13.2 Å². The number of carbonyl (C=O) groups excluding carboxylic acids is 1. The number of hydrogen-bond acceptors (Lipinski definition) is 5. The molecule has 1 fully saturated rings. The van der Waals surface area contributed by atoms with Crippen LogP contribution in [-0.4, -0.2) is 68.0 Å². The first-order chi connectivity index (χ1) is 8.43. The van der Waals surface area contributed by atoms with E-state index in [4.69, 9.17) is 5.11 Å². The summed E-state index contributed by atoms with van der Waals surface area (Å²) in [5.41, 5.74) is 0. The zero-order valence-corrected chi connectivity index (χ0v) is 11.5. The first-order valence-corrected chi connectivity index (χ1v) is 7.24. The number of methoxy groups -OCH3 is 1. The van der Waals surface area contributed by atoms with Crippen molar-refractivity contribution in [3.05, 3.63) is 0 Å². The fourth-order valence-electron chi connectivity index (χ4n) is 1.94. The first kappa shape index (κ1) is 15.4. The monoisotopic (exact) mass is 280 g/mol. The molecule has 1 aliphatic heterocycles. The van der Waals surface area contributed by atoms with Gasteiger partial charge in [-0.05, 0) is 12.8 Å². The topological polar surface area (TPSA) is 87.2 Å². The number of ether oxygens (including phenoxy) is 1. The molecular weight excluding hydrogens is 260 g/mol. The summed E-state index contributed by atoms with van der Waals surface area (Å²) in [5.74, 6) is -0.447. The van der Waals surface area contributed by atoms with Crippen LogP contribution < -0.4 is 0 Å². The predicted molar refractivity (Wildman–Crippen MR) is 65.0 cm³/mol. The second-order valence-corrected chi connectivity index (χ2v) is 6.23. The van der Waals surface area contributed by atoms with Crippen molar-refractivity contribution in [3.63, 3.8) is 0 Å². The van der Waals surface area contributed by atoms with Crippen LogP contribution in [0.3, 0.4) is 0 Å². The van der Waals surface area contributed by atoms with Crippen molar-refractivity contribution in [3.8, 4) is 0 Å². The highest BCUT2D eigenvalue weighted by Crippen LogP contribution is 2.22. The third-order valence-electron chi connectivity index (χ3n) is 3.08. The number of esters is 1. The Balaban J connectivity index is 2.64. The maximum absolute atomic E-state index is 12.2. The van der Waals surface area contributed by atoms with E-state index in [1.165, 1.54) is 18.5 Å². The molecule has 0 radical (unpaired) electrons. The SMILES string of the molecule is COC(=O)CCN(C)S(=O)(=O)N1CCCC1CO. The fourth-order valence-corrected chi connectivity index (χ4v) is 3.53. The molecule has 1 saturated heterocycles. The molecule has 7 nitrogen and oxygen atoms in total. The quantitative estimate of drug-likeness (QED) is 0.643. The Labute approximate surface area is 108 Å². The van der Waals surface area contributed by atoms with Crippen LogP contribution >= 0.6 is 0 Å². The standard InChI is InChI=1S/C10H20N2O5S/c1-11(7-5-10(14)17-2)18(15,16)12-6-3-4-9(12)8-13/h9,13H,3-8H2,1-2H3. The molecule has 1 aliphatic rings. The summed E-state index contributed by atoms with van der Waals surface area (Å²) in [4.78, 5) is 11.0. The third kappa shape index (κ3) is 3.41. The van der Waals surface area contributed by atoms with Crippen molar-refractivity contribution in [2.45, 2.75) is 25.3 Å². The lowest BCUT2D eigenvalue weighted by Gasteiger charge is -2.27. The lowest BCUT2D eigenvalue weighted by Crippen LogP contribution is -2.46. The van der Waals surface area contributed by atoms with E-state index >= 15 is 0 Å². The van der Waals surface area contributed by atoms with Crippen LogP contribution in [0.5, 0.6) is 0 Å². The van der Waals surface area contributed by atoms with Gasteiger partial charge >= 0.3 is 5.97 Å². The van der Waals surface area contributed by atoms with E-state index < -0.39 is 16.2 Å². The molecule has 1 unspecified atom stereocenters. The summed E-state index contributed by atoms with van der Waals surface area (Å²) in [6.45, 7) is 0.309. The molecule has 0 aromatic carbocycles. The van der Waals surface area contributed by atoms with Crippen molar-refractivity contribution in [1.29, 1.82) is 0 Å². The molecule has 18 heavy (non-hydrogen) atoms. The van der Waals surface area contributed by atoms with Gasteiger partial charge in [-0.1, -0.05) is 0 Å². The average molecular weight is 280 g/mol. The molecule has 0 aromatic rings. The van der Waals surface area contributed by atoms with Gasteiger partial charge in [0.05, 0.1) is 20.1 Å². The van der Waals surface area contributed by atoms with Gasteiger partial charge in [-0.3, -0.25) is 4.79 Å². The summed E-state index contributed by atoms with van der Waals surface area (Å²) < 4.78 is 31.3. The minimum Gasteiger partial charge on any atom is -0.469 e. The molecule has 1 rings (SSSR count). The molecule has 106 valence electrons. The lowest BCUT2D eigenvalue weighted by atomic mass is 10.2. The Morgan fingerprint density at radius 3 is 2.78 bits per heavy atom. The molecule has 0 aromatic heterocycles. The highest BCUT2D eigenvalue weighted by molar-refractivity contribution is 7.86. The van der Waals surface area contributed by atoms with Gasteiger partial charge in [-0.2, -0.15) is 17.0 Å². The smallest absolute Gasteiger partial charge is 0.306 e. The van der Waals surface area contributed by atoms with Gasteiger partial charge in [0.25, 0.3) is 10.2 Å². The van der Waals surface area contributed by atoms with Crippen LogP contribution in [0.15, 0.2) is 0 Å². The number of aliphatic hydroxyl groups is 1. The highest BCUT2D eigenvalue weighted by Gasteiger charge is 2.36. The molecule has 1 heterocycles. The van der Waals surface area contributed by atoms with Gasteiger partial charge in [-0.25, -0.2) is 0 Å². The van der Waals surface area contributed by atoms with E-state index in [0.717, 1.165) is 10.7 Å². The van der Waals surface area contributed by atoms with E-state index in [-0.39, 0.29) is 25.6 Å². The van der Waals surface area contributed by atoms with Crippen LogP contribution in [0.4, 0.5) is 0 Å². The number of aliphatic hydroxyl groups excluding tert-OH is 1. The molecule has 0 spiro atoms. The summed E-state index contributed by atoms with van der Waals surface area (Å²) >= 11 is 0. The minimum absolute atomic E-state index is 0.0177.